The fourth-order valence-corrected chi connectivity index (χ4v) is 2.94. The molecule has 1 heterocycles. The summed E-state index contributed by atoms with van der Waals surface area (Å²) in [5.74, 6) is 0.395. The molecule has 1 aliphatic heterocycles. The third kappa shape index (κ3) is 3.33. The van der Waals surface area contributed by atoms with Crippen LogP contribution in [0.1, 0.15) is 30.9 Å². The van der Waals surface area contributed by atoms with Crippen LogP contribution in [0.3, 0.4) is 0 Å². The lowest BCUT2D eigenvalue weighted by molar-refractivity contribution is 0.0270. The molecule has 18 heavy (non-hydrogen) atoms. The first kappa shape index (κ1) is 13.6. The normalized spacial score (nSPS) is 25.3. The van der Waals surface area contributed by atoms with Gasteiger partial charge in [-0.1, -0.05) is 31.2 Å². The topological polar surface area (TPSA) is 23.5 Å². The molecule has 2 heteroatoms. The molecule has 1 aromatic carbocycles. The second-order valence-electron chi connectivity index (χ2n) is 5.55. The van der Waals surface area contributed by atoms with Crippen LogP contribution in [-0.4, -0.2) is 35.7 Å². The Morgan fingerprint density at radius 3 is 2.83 bits per heavy atom. The minimum atomic E-state index is -0.127. The van der Waals surface area contributed by atoms with Gasteiger partial charge in [-0.25, -0.2) is 0 Å². The molecule has 1 fully saturated rings. The first-order chi connectivity index (χ1) is 8.70. The smallest absolute Gasteiger partial charge is 0.0596 e. The second-order valence-corrected chi connectivity index (χ2v) is 5.55. The number of rotatable bonds is 4. The van der Waals surface area contributed by atoms with E-state index in [-0.39, 0.29) is 6.10 Å². The molecule has 1 aromatic rings. The van der Waals surface area contributed by atoms with Crippen molar-refractivity contribution in [1.82, 2.24) is 4.90 Å². The zero-order valence-electron chi connectivity index (χ0n) is 11.6. The van der Waals surface area contributed by atoms with E-state index in [1.807, 2.05) is 0 Å². The standard InChI is InChI=1S/C16H25NO/c1-3-9-17-10-8-16(18)15(12-17)11-14-7-5-4-6-13(14)2/h4-7,15-16,18H,3,8-12H2,1-2H3. The van der Waals surface area contributed by atoms with Gasteiger partial charge in [-0.3, -0.25) is 0 Å². The van der Waals surface area contributed by atoms with Gasteiger partial charge in [-0.15, -0.1) is 0 Å². The highest BCUT2D eigenvalue weighted by molar-refractivity contribution is 5.26. The van der Waals surface area contributed by atoms with Crippen molar-refractivity contribution in [3.05, 3.63) is 35.4 Å². The summed E-state index contributed by atoms with van der Waals surface area (Å²) in [5, 5.41) is 10.2. The molecule has 1 saturated heterocycles. The number of hydrogen-bond donors (Lipinski definition) is 1. The number of aliphatic hydroxyl groups is 1. The van der Waals surface area contributed by atoms with Crippen molar-refractivity contribution >= 4 is 0 Å². The molecule has 2 nitrogen and oxygen atoms in total. The van der Waals surface area contributed by atoms with Crippen LogP contribution in [-0.2, 0) is 6.42 Å². The minimum Gasteiger partial charge on any atom is -0.393 e. The third-order valence-electron chi connectivity index (χ3n) is 4.06. The Morgan fingerprint density at radius 2 is 2.11 bits per heavy atom. The SMILES string of the molecule is CCCN1CCC(O)C(Cc2ccccc2C)C1. The van der Waals surface area contributed by atoms with Gasteiger partial charge in [0.1, 0.15) is 0 Å². The fourth-order valence-electron chi connectivity index (χ4n) is 2.94. The number of aryl methyl sites for hydroxylation is 1. The molecule has 0 spiro atoms. The molecule has 0 amide bonds. The first-order valence-corrected chi connectivity index (χ1v) is 7.15. The molecule has 1 aliphatic rings. The van der Waals surface area contributed by atoms with Crippen LogP contribution in [0.15, 0.2) is 24.3 Å². The molecule has 0 bridgehead atoms. The van der Waals surface area contributed by atoms with E-state index in [1.165, 1.54) is 17.5 Å². The van der Waals surface area contributed by atoms with Crippen molar-refractivity contribution in [2.75, 3.05) is 19.6 Å². The van der Waals surface area contributed by atoms with Crippen LogP contribution in [0.4, 0.5) is 0 Å². The van der Waals surface area contributed by atoms with E-state index in [0.29, 0.717) is 5.92 Å². The Kier molecular flexibility index (Phi) is 4.79. The van der Waals surface area contributed by atoms with Crippen molar-refractivity contribution < 1.29 is 5.11 Å². The maximum atomic E-state index is 10.2. The van der Waals surface area contributed by atoms with Crippen LogP contribution in [0.25, 0.3) is 0 Å². The Labute approximate surface area is 111 Å². The predicted molar refractivity (Wildman–Crippen MR) is 75.7 cm³/mol. The van der Waals surface area contributed by atoms with Crippen LogP contribution >= 0.6 is 0 Å². The molecular formula is C16H25NO. The molecule has 2 unspecified atom stereocenters. The summed E-state index contributed by atoms with van der Waals surface area (Å²) < 4.78 is 0. The molecule has 0 aliphatic carbocycles. The number of nitrogens with zero attached hydrogens (tertiary/aromatic N) is 1. The van der Waals surface area contributed by atoms with Gasteiger partial charge in [0.2, 0.25) is 0 Å². The maximum absolute atomic E-state index is 10.2. The van der Waals surface area contributed by atoms with Gasteiger partial charge in [0.05, 0.1) is 6.10 Å². The van der Waals surface area contributed by atoms with Crippen molar-refractivity contribution in [1.29, 1.82) is 0 Å². The summed E-state index contributed by atoms with van der Waals surface area (Å²) in [4.78, 5) is 2.50. The monoisotopic (exact) mass is 247 g/mol. The largest absolute Gasteiger partial charge is 0.393 e. The first-order valence-electron chi connectivity index (χ1n) is 7.15. The molecule has 0 saturated carbocycles. The average Bonchev–Trinajstić information content (AvgIpc) is 2.36. The highest BCUT2D eigenvalue weighted by Gasteiger charge is 2.27. The van der Waals surface area contributed by atoms with Gasteiger partial charge in [-0.2, -0.15) is 0 Å². The molecular weight excluding hydrogens is 222 g/mol. The number of aliphatic hydroxyl groups excluding tert-OH is 1. The number of benzene rings is 1. The van der Waals surface area contributed by atoms with E-state index >= 15 is 0 Å². The van der Waals surface area contributed by atoms with E-state index in [0.717, 1.165) is 32.5 Å². The second kappa shape index (κ2) is 6.35. The van der Waals surface area contributed by atoms with E-state index in [2.05, 4.69) is 43.0 Å². The Balaban J connectivity index is 2.00. The number of piperidine rings is 1. The molecule has 0 radical (unpaired) electrons. The van der Waals surface area contributed by atoms with Gasteiger partial charge >= 0.3 is 0 Å². The number of hydrogen-bond acceptors (Lipinski definition) is 2. The zero-order chi connectivity index (χ0) is 13.0. The molecule has 100 valence electrons. The molecule has 0 aromatic heterocycles. The van der Waals surface area contributed by atoms with E-state index < -0.39 is 0 Å². The molecule has 2 rings (SSSR count). The van der Waals surface area contributed by atoms with Gasteiger partial charge in [-0.05, 0) is 43.9 Å². The number of likely N-dealkylation sites (tertiary alicyclic amines) is 1. The Bertz CT molecular complexity index is 377. The maximum Gasteiger partial charge on any atom is 0.0596 e. The fraction of sp³-hybridized carbons (Fsp3) is 0.625. The Morgan fingerprint density at radius 1 is 1.33 bits per heavy atom. The van der Waals surface area contributed by atoms with Gasteiger partial charge < -0.3 is 10.0 Å². The van der Waals surface area contributed by atoms with Crippen molar-refractivity contribution in [3.8, 4) is 0 Å². The summed E-state index contributed by atoms with van der Waals surface area (Å²) in [6.07, 6.45) is 3.01. The van der Waals surface area contributed by atoms with Crippen molar-refractivity contribution in [2.24, 2.45) is 5.92 Å². The highest BCUT2D eigenvalue weighted by Crippen LogP contribution is 2.23. The summed E-state index contributed by atoms with van der Waals surface area (Å²) in [6.45, 7) is 7.65. The van der Waals surface area contributed by atoms with E-state index in [4.69, 9.17) is 0 Å². The van der Waals surface area contributed by atoms with Crippen LogP contribution in [0.2, 0.25) is 0 Å². The van der Waals surface area contributed by atoms with Crippen molar-refractivity contribution in [3.63, 3.8) is 0 Å². The van der Waals surface area contributed by atoms with E-state index in [1.54, 1.807) is 0 Å². The lowest BCUT2D eigenvalue weighted by Gasteiger charge is -2.36. The van der Waals surface area contributed by atoms with Crippen LogP contribution < -0.4 is 0 Å². The third-order valence-corrected chi connectivity index (χ3v) is 4.06. The molecule has 2 atom stereocenters. The summed E-state index contributed by atoms with van der Waals surface area (Å²) in [5.41, 5.74) is 2.73. The van der Waals surface area contributed by atoms with Gasteiger partial charge in [0, 0.05) is 19.0 Å². The predicted octanol–water partition coefficient (Wildman–Crippen LogP) is 2.63. The van der Waals surface area contributed by atoms with Crippen LogP contribution in [0, 0.1) is 12.8 Å². The zero-order valence-corrected chi connectivity index (χ0v) is 11.6. The Hall–Kier alpha value is -0.860. The lowest BCUT2D eigenvalue weighted by atomic mass is 9.87. The van der Waals surface area contributed by atoms with Crippen LogP contribution in [0.5, 0.6) is 0 Å². The quantitative estimate of drug-likeness (QED) is 0.884. The van der Waals surface area contributed by atoms with Gasteiger partial charge in [0.25, 0.3) is 0 Å². The minimum absolute atomic E-state index is 0.127. The summed E-state index contributed by atoms with van der Waals surface area (Å²) in [7, 11) is 0. The molecule has 1 N–H and O–H groups in total. The summed E-state index contributed by atoms with van der Waals surface area (Å²) in [6, 6.07) is 8.54. The van der Waals surface area contributed by atoms with Crippen molar-refractivity contribution in [2.45, 2.75) is 39.2 Å². The highest BCUT2D eigenvalue weighted by atomic mass is 16.3. The van der Waals surface area contributed by atoms with E-state index in [9.17, 15) is 5.11 Å². The average molecular weight is 247 g/mol. The van der Waals surface area contributed by atoms with Gasteiger partial charge in [0.15, 0.2) is 0 Å². The summed E-state index contributed by atoms with van der Waals surface area (Å²) >= 11 is 0. The lowest BCUT2D eigenvalue weighted by Crippen LogP contribution is -2.44.